The lowest BCUT2D eigenvalue weighted by molar-refractivity contribution is 0.667. The number of hydrogen-bond acceptors (Lipinski definition) is 14. The molecule has 0 bridgehead atoms. The number of hydrogen-bond donors (Lipinski definition) is 0. The van der Waals surface area contributed by atoms with Gasteiger partial charge in [-0.3, -0.25) is 0 Å². The smallest absolute Gasteiger partial charge is 0.180 e. The van der Waals surface area contributed by atoms with Gasteiger partial charge in [-0.2, -0.15) is 0 Å². The van der Waals surface area contributed by atoms with E-state index in [-0.39, 0.29) is 0 Å². The number of para-hydroxylation sites is 2. The van der Waals surface area contributed by atoms with E-state index in [1.54, 1.807) is 22.7 Å². The maximum atomic E-state index is 6.47. The average Bonchev–Trinajstić information content (AvgIpc) is 1.58. The predicted octanol–water partition coefficient (Wildman–Crippen LogP) is 25.9. The summed E-state index contributed by atoms with van der Waals surface area (Å²) >= 11 is 3.49. The molecule has 0 amide bonds. The highest BCUT2D eigenvalue weighted by Crippen LogP contribution is 2.46. The largest absolute Gasteiger partial charge is 0.452 e. The summed E-state index contributed by atoms with van der Waals surface area (Å²) in [5, 5.41) is 6.39. The summed E-state index contributed by atoms with van der Waals surface area (Å²) in [4.78, 5) is 51.0. The molecule has 0 radical (unpaired) electrons. The topological polar surface area (TPSA) is 155 Å². The van der Waals surface area contributed by atoms with E-state index in [1.165, 1.54) is 5.56 Å². The molecule has 0 aliphatic carbocycles. The van der Waals surface area contributed by atoms with Crippen molar-refractivity contribution in [1.82, 2.24) is 49.8 Å². The van der Waals surface area contributed by atoms with Crippen LogP contribution in [0.1, 0.15) is 0 Å². The summed E-state index contributed by atoms with van der Waals surface area (Å²) in [6.07, 6.45) is 0. The molecule has 524 valence electrons. The van der Waals surface area contributed by atoms with E-state index in [1.807, 2.05) is 158 Å². The summed E-state index contributed by atoms with van der Waals surface area (Å²) in [5.41, 5.74) is 20.1. The fraction of sp³-hybridized carbons (Fsp3) is 0. The highest BCUT2D eigenvalue weighted by molar-refractivity contribution is 7.26. The van der Waals surface area contributed by atoms with Crippen molar-refractivity contribution in [2.75, 3.05) is 0 Å². The normalized spacial score (nSPS) is 11.6. The van der Waals surface area contributed by atoms with Crippen molar-refractivity contribution in [3.8, 4) is 136 Å². The van der Waals surface area contributed by atoms with Crippen LogP contribution in [-0.4, -0.2) is 49.8 Å². The van der Waals surface area contributed by atoms with Gasteiger partial charge in [-0.1, -0.05) is 297 Å². The van der Waals surface area contributed by atoms with Crippen LogP contribution in [0.2, 0.25) is 0 Å². The molecule has 0 spiro atoms. The summed E-state index contributed by atoms with van der Waals surface area (Å²) < 4.78 is 17.4. The Balaban J connectivity index is 0.000000141. The van der Waals surface area contributed by atoms with Crippen molar-refractivity contribution in [2.45, 2.75) is 0 Å². The maximum Gasteiger partial charge on any atom is 0.180 e. The lowest BCUT2D eigenvalue weighted by Crippen LogP contribution is -2.00. The van der Waals surface area contributed by atoms with Crippen LogP contribution in [-0.2, 0) is 0 Å². The van der Waals surface area contributed by atoms with Crippen LogP contribution in [0.5, 0.6) is 0 Å². The molecule has 0 fully saturated rings. The molecule has 8 aromatic heterocycles. The van der Waals surface area contributed by atoms with Gasteiger partial charge in [0, 0.05) is 107 Å². The number of fused-ring (bicyclic) bond motifs is 12. The van der Waals surface area contributed by atoms with Crippen molar-refractivity contribution < 1.29 is 8.83 Å². The number of aromatic nitrogens is 10. The highest BCUT2D eigenvalue weighted by Gasteiger charge is 2.25. The van der Waals surface area contributed by atoms with Crippen LogP contribution in [0, 0.1) is 0 Å². The fourth-order valence-corrected chi connectivity index (χ4v) is 17.3. The second-order valence-electron chi connectivity index (χ2n) is 27.3. The lowest BCUT2D eigenvalue weighted by atomic mass is 10.0. The van der Waals surface area contributed by atoms with Crippen molar-refractivity contribution >= 4 is 107 Å². The van der Waals surface area contributed by atoms with Gasteiger partial charge in [0.25, 0.3) is 0 Å². The Bertz CT molecular complexity index is 7310. The zero-order chi connectivity index (χ0) is 74.0. The van der Waals surface area contributed by atoms with E-state index in [9.17, 15) is 0 Å². The van der Waals surface area contributed by atoms with Crippen LogP contribution in [0.4, 0.5) is 0 Å². The molecule has 22 aromatic rings. The van der Waals surface area contributed by atoms with Gasteiger partial charge in [0.05, 0.1) is 0 Å². The van der Waals surface area contributed by atoms with Crippen LogP contribution in [0.25, 0.3) is 220 Å². The molecule has 0 aliphatic heterocycles. The minimum absolute atomic E-state index is 0.626. The first-order chi connectivity index (χ1) is 55.5. The third kappa shape index (κ3) is 12.0. The lowest BCUT2D eigenvalue weighted by Gasteiger charge is -2.10. The van der Waals surface area contributed by atoms with Gasteiger partial charge < -0.3 is 8.83 Å². The van der Waals surface area contributed by atoms with E-state index < -0.39 is 0 Å². The SMILES string of the molecule is c1ccc(-c2ccc(-c3nc(-c4ccccc4)nc(-c4cccc5sc6cc(-c7nc(-c8ccccc8)c8oc9ccccc9c8n7)ccc6c45)n3)cc2)cc1.c1ccc(-c2cccc(-c3nc(-c4ccc5c(c4)sc4cccc(-c6nc(-c7ccccc7)nc(-c7ccccc7)n6)c45)nc4c3oc3ccccc34)c2)cc1. The van der Waals surface area contributed by atoms with Crippen LogP contribution >= 0.6 is 22.7 Å². The Kier molecular flexibility index (Phi) is 16.3. The third-order valence-electron chi connectivity index (χ3n) is 20.3. The average molecular weight is 1470 g/mol. The number of furan rings is 2. The fourth-order valence-electron chi connectivity index (χ4n) is 14.9. The molecule has 0 atom stereocenters. The van der Waals surface area contributed by atoms with Gasteiger partial charge >= 0.3 is 0 Å². The molecule has 22 rings (SSSR count). The Labute approximate surface area is 649 Å². The third-order valence-corrected chi connectivity index (χ3v) is 22.6. The van der Waals surface area contributed by atoms with E-state index in [2.05, 4.69) is 194 Å². The zero-order valence-corrected chi connectivity index (χ0v) is 61.2. The first kappa shape index (κ1) is 65.6. The van der Waals surface area contributed by atoms with Gasteiger partial charge in [-0.25, -0.2) is 49.8 Å². The molecule has 112 heavy (non-hydrogen) atoms. The van der Waals surface area contributed by atoms with Crippen molar-refractivity contribution in [3.63, 3.8) is 0 Å². The van der Waals surface area contributed by atoms with E-state index >= 15 is 0 Å². The molecular weight excluding hydrogens is 1410 g/mol. The van der Waals surface area contributed by atoms with Crippen LogP contribution in [0.3, 0.4) is 0 Å². The predicted molar refractivity (Wildman–Crippen MR) is 456 cm³/mol. The van der Waals surface area contributed by atoms with Crippen molar-refractivity contribution in [3.05, 3.63) is 352 Å². The van der Waals surface area contributed by atoms with Crippen molar-refractivity contribution in [1.29, 1.82) is 0 Å². The van der Waals surface area contributed by atoms with Crippen LogP contribution < -0.4 is 0 Å². The molecule has 0 aliphatic rings. The molecule has 0 unspecified atom stereocenters. The summed E-state index contributed by atoms with van der Waals surface area (Å²) in [7, 11) is 0. The van der Waals surface area contributed by atoms with Gasteiger partial charge in [0.1, 0.15) is 33.6 Å². The quantitative estimate of drug-likeness (QED) is 0.114. The van der Waals surface area contributed by atoms with Crippen LogP contribution in [0.15, 0.2) is 361 Å². The van der Waals surface area contributed by atoms with E-state index in [4.69, 9.17) is 58.7 Å². The molecule has 14 heteroatoms. The van der Waals surface area contributed by atoms with E-state index in [0.717, 1.165) is 157 Å². The first-order valence-electron chi connectivity index (χ1n) is 36.8. The standard InChI is InChI=1S/2C49H29N5OS/c1-4-14-30(15-5-1)33-20-12-21-34(28-33)43-45-44(36-22-10-11-24-39(36)55-45)51-48(50-43)35-26-27-37-41(29-35)56-40-25-13-23-38(42(37)40)49-53-46(31-16-6-2-7-17-31)52-47(54-49)32-18-8-3-9-19-32;1-4-13-30(14-5-1)31-23-25-34(26-24-31)47-52-46(33-17-8-3-9-18-33)53-49(54-47)38-20-12-22-40-42(38)37-28-27-35(29-41(37)56-40)48-50-43(32-15-6-2-7-16-32)45-44(51-48)36-19-10-11-21-39(36)55-45/h2*1-29H. The minimum Gasteiger partial charge on any atom is -0.452 e. The molecule has 0 saturated heterocycles. The van der Waals surface area contributed by atoms with Crippen molar-refractivity contribution in [2.24, 2.45) is 0 Å². The van der Waals surface area contributed by atoms with Gasteiger partial charge in [0.2, 0.25) is 0 Å². The highest BCUT2D eigenvalue weighted by atomic mass is 32.1. The minimum atomic E-state index is 0.626. The number of benzene rings is 14. The molecule has 14 aromatic carbocycles. The van der Waals surface area contributed by atoms with E-state index in [0.29, 0.717) is 57.8 Å². The molecule has 0 N–H and O–H groups in total. The van der Waals surface area contributed by atoms with Gasteiger partial charge in [-0.05, 0) is 76.9 Å². The second-order valence-corrected chi connectivity index (χ2v) is 29.5. The summed E-state index contributed by atoms with van der Waals surface area (Å²) in [5.74, 6) is 5.08. The van der Waals surface area contributed by atoms with Gasteiger partial charge in [-0.15, -0.1) is 22.7 Å². The first-order valence-corrected chi connectivity index (χ1v) is 38.5. The summed E-state index contributed by atoms with van der Waals surface area (Å²) in [6, 6.07) is 120. The Morgan fingerprint density at radius 3 is 0.946 bits per heavy atom. The Hall–Kier alpha value is -14.7. The maximum absolute atomic E-state index is 6.47. The molecular formula is C98H58N10O2S2. The monoisotopic (exact) mass is 1470 g/mol. The Morgan fingerprint density at radius 2 is 0.500 bits per heavy atom. The number of rotatable bonds is 12. The summed E-state index contributed by atoms with van der Waals surface area (Å²) in [6.45, 7) is 0. The molecule has 8 heterocycles. The molecule has 12 nitrogen and oxygen atoms in total. The number of nitrogens with zero attached hydrogens (tertiary/aromatic N) is 10. The Morgan fingerprint density at radius 1 is 0.188 bits per heavy atom. The van der Waals surface area contributed by atoms with Gasteiger partial charge in [0.15, 0.2) is 57.8 Å². The number of thiophene rings is 2. The molecule has 0 saturated carbocycles. The zero-order valence-electron chi connectivity index (χ0n) is 59.6. The second kappa shape index (κ2) is 27.8.